The molecule has 6 heteroatoms. The second-order valence-corrected chi connectivity index (χ2v) is 6.92. The molecule has 1 aromatic carbocycles. The number of carbonyl (C=O) groups is 1. The number of nitrogens with two attached hydrogens (primary N) is 1. The van der Waals surface area contributed by atoms with Crippen molar-refractivity contribution in [2.45, 2.75) is 49.5 Å². The van der Waals surface area contributed by atoms with Crippen molar-refractivity contribution in [1.82, 2.24) is 5.32 Å². The molecular weight excluding hydrogens is 291 g/mol. The molecule has 4 nitrogen and oxygen atoms in total. The van der Waals surface area contributed by atoms with Gasteiger partial charge in [-0.25, -0.2) is 4.39 Å². The Morgan fingerprint density at radius 3 is 2.52 bits per heavy atom. The molecule has 1 unspecified atom stereocenters. The Labute approximate surface area is 126 Å². The zero-order valence-corrected chi connectivity index (χ0v) is 12.8. The molecule has 21 heavy (non-hydrogen) atoms. The van der Waals surface area contributed by atoms with Gasteiger partial charge in [-0.3, -0.25) is 9.00 Å². The first-order valence-corrected chi connectivity index (χ1v) is 8.60. The summed E-state index contributed by atoms with van der Waals surface area (Å²) in [6.45, 7) is 0. The minimum Gasteiger partial charge on any atom is -0.399 e. The summed E-state index contributed by atoms with van der Waals surface area (Å²) in [5.41, 5.74) is 5.73. The van der Waals surface area contributed by atoms with Crippen LogP contribution in [0.25, 0.3) is 0 Å². The van der Waals surface area contributed by atoms with Crippen molar-refractivity contribution in [3.63, 3.8) is 0 Å². The summed E-state index contributed by atoms with van der Waals surface area (Å²) in [4.78, 5) is 12.2. The Balaban J connectivity index is 1.90. The smallest absolute Gasteiger partial charge is 0.233 e. The Kier molecular flexibility index (Phi) is 5.73. The van der Waals surface area contributed by atoms with Gasteiger partial charge in [0.25, 0.3) is 0 Å². The third kappa shape index (κ3) is 5.12. The molecule has 3 N–H and O–H groups in total. The molecular formula is C15H21FN2O2S. The van der Waals surface area contributed by atoms with E-state index in [1.54, 1.807) is 0 Å². The number of nitrogens with one attached hydrogen (secondary N) is 1. The van der Waals surface area contributed by atoms with Crippen LogP contribution in [0.2, 0.25) is 0 Å². The molecule has 2 rings (SSSR count). The summed E-state index contributed by atoms with van der Waals surface area (Å²) >= 11 is 0. The lowest BCUT2D eigenvalue weighted by Crippen LogP contribution is -2.37. The molecule has 1 aliphatic carbocycles. The van der Waals surface area contributed by atoms with E-state index in [1.807, 2.05) is 0 Å². The van der Waals surface area contributed by atoms with Crippen LogP contribution < -0.4 is 11.1 Å². The van der Waals surface area contributed by atoms with Crippen LogP contribution in [0.5, 0.6) is 0 Å². The van der Waals surface area contributed by atoms with Crippen LogP contribution in [0.4, 0.5) is 10.1 Å². The van der Waals surface area contributed by atoms with Gasteiger partial charge in [0.05, 0.1) is 10.8 Å². The van der Waals surface area contributed by atoms with Crippen molar-refractivity contribution in [1.29, 1.82) is 0 Å². The standard InChI is InChI=1S/C15H21FN2O2S/c16-11-7-12(17)9-14(8-11)21(20)10-15(19)18-13-5-3-1-2-4-6-13/h7-9,13H,1-6,10,17H2,(H,18,19). The zero-order chi connectivity index (χ0) is 15.2. The van der Waals surface area contributed by atoms with E-state index in [9.17, 15) is 13.4 Å². The van der Waals surface area contributed by atoms with Crippen molar-refractivity contribution in [2.24, 2.45) is 0 Å². The normalized spacial score (nSPS) is 18.0. The van der Waals surface area contributed by atoms with Crippen molar-refractivity contribution in [3.8, 4) is 0 Å². The van der Waals surface area contributed by atoms with Crippen LogP contribution >= 0.6 is 0 Å². The number of halogens is 1. The van der Waals surface area contributed by atoms with Gasteiger partial charge >= 0.3 is 0 Å². The highest BCUT2D eigenvalue weighted by Crippen LogP contribution is 2.18. The van der Waals surface area contributed by atoms with Gasteiger partial charge in [-0.2, -0.15) is 0 Å². The molecule has 0 spiro atoms. The minimum absolute atomic E-state index is 0.153. The molecule has 0 bridgehead atoms. The molecule has 1 fully saturated rings. The maximum atomic E-state index is 13.2. The summed E-state index contributed by atoms with van der Waals surface area (Å²) in [5.74, 6) is -0.940. The van der Waals surface area contributed by atoms with Crippen LogP contribution in [0.3, 0.4) is 0 Å². The third-order valence-corrected chi connectivity index (χ3v) is 4.92. The quantitative estimate of drug-likeness (QED) is 0.662. The number of benzene rings is 1. The minimum atomic E-state index is -1.57. The molecule has 1 aromatic rings. The summed E-state index contributed by atoms with van der Waals surface area (Å²) in [6, 6.07) is 3.94. The Bertz CT molecular complexity index is 508. The van der Waals surface area contributed by atoms with Gasteiger partial charge in [-0.05, 0) is 31.0 Å². The summed E-state index contributed by atoms with van der Waals surface area (Å²) < 4.78 is 25.3. The van der Waals surface area contributed by atoms with Crippen molar-refractivity contribution in [2.75, 3.05) is 11.5 Å². The van der Waals surface area contributed by atoms with E-state index in [0.29, 0.717) is 0 Å². The van der Waals surface area contributed by atoms with E-state index < -0.39 is 16.6 Å². The highest BCUT2D eigenvalue weighted by atomic mass is 32.2. The lowest BCUT2D eigenvalue weighted by molar-refractivity contribution is -0.119. The maximum absolute atomic E-state index is 13.2. The molecule has 1 amide bonds. The molecule has 0 aromatic heterocycles. The Morgan fingerprint density at radius 2 is 1.90 bits per heavy atom. The SMILES string of the molecule is Nc1cc(F)cc(S(=O)CC(=O)NC2CCCCCC2)c1. The molecule has 0 saturated heterocycles. The number of nitrogen functional groups attached to an aromatic ring is 1. The second kappa shape index (κ2) is 7.54. The molecule has 0 radical (unpaired) electrons. The monoisotopic (exact) mass is 312 g/mol. The number of amides is 1. The molecule has 0 heterocycles. The molecule has 1 atom stereocenters. The third-order valence-electron chi connectivity index (χ3n) is 3.64. The van der Waals surface area contributed by atoms with Crippen LogP contribution in [-0.2, 0) is 15.6 Å². The van der Waals surface area contributed by atoms with Crippen molar-refractivity contribution < 1.29 is 13.4 Å². The van der Waals surface area contributed by atoms with E-state index in [-0.39, 0.29) is 28.3 Å². The van der Waals surface area contributed by atoms with Crippen LogP contribution in [0, 0.1) is 5.82 Å². The Morgan fingerprint density at radius 1 is 1.24 bits per heavy atom. The number of carbonyl (C=O) groups excluding carboxylic acids is 1. The molecule has 1 saturated carbocycles. The molecule has 116 valence electrons. The van der Waals surface area contributed by atoms with E-state index in [2.05, 4.69) is 5.32 Å². The van der Waals surface area contributed by atoms with Crippen LogP contribution in [0.1, 0.15) is 38.5 Å². The van der Waals surface area contributed by atoms with Crippen molar-refractivity contribution >= 4 is 22.4 Å². The summed E-state index contributed by atoms with van der Waals surface area (Å²) in [6.07, 6.45) is 6.61. The average Bonchev–Trinajstić information content (AvgIpc) is 2.66. The predicted octanol–water partition coefficient (Wildman–Crippen LogP) is 2.35. The number of hydrogen-bond donors (Lipinski definition) is 2. The van der Waals surface area contributed by atoms with E-state index in [0.717, 1.165) is 37.8 Å². The van der Waals surface area contributed by atoms with Crippen LogP contribution in [-0.4, -0.2) is 21.9 Å². The lowest BCUT2D eigenvalue weighted by atomic mass is 10.1. The first-order valence-electron chi connectivity index (χ1n) is 7.28. The fraction of sp³-hybridized carbons (Fsp3) is 0.533. The predicted molar refractivity (Wildman–Crippen MR) is 81.7 cm³/mol. The van der Waals surface area contributed by atoms with Gasteiger partial charge < -0.3 is 11.1 Å². The summed E-state index contributed by atoms with van der Waals surface area (Å²) in [5, 5.41) is 2.93. The molecule has 1 aliphatic rings. The fourth-order valence-electron chi connectivity index (χ4n) is 2.61. The largest absolute Gasteiger partial charge is 0.399 e. The van der Waals surface area contributed by atoms with Crippen molar-refractivity contribution in [3.05, 3.63) is 24.0 Å². The van der Waals surface area contributed by atoms with Gasteiger partial charge in [-0.15, -0.1) is 0 Å². The highest BCUT2D eigenvalue weighted by Gasteiger charge is 2.17. The van der Waals surface area contributed by atoms with Gasteiger partial charge in [0.15, 0.2) is 0 Å². The van der Waals surface area contributed by atoms with Gasteiger partial charge in [0, 0.05) is 16.6 Å². The van der Waals surface area contributed by atoms with Gasteiger partial charge in [0.1, 0.15) is 11.6 Å². The molecule has 0 aliphatic heterocycles. The van der Waals surface area contributed by atoms with E-state index in [1.165, 1.54) is 18.9 Å². The number of rotatable bonds is 4. The maximum Gasteiger partial charge on any atom is 0.233 e. The second-order valence-electron chi connectivity index (χ2n) is 5.47. The van der Waals surface area contributed by atoms with Gasteiger partial charge in [0.2, 0.25) is 5.91 Å². The fourth-order valence-corrected chi connectivity index (χ4v) is 3.61. The number of hydrogen-bond acceptors (Lipinski definition) is 3. The number of anilines is 1. The Hall–Kier alpha value is -1.43. The average molecular weight is 312 g/mol. The van der Waals surface area contributed by atoms with Gasteiger partial charge in [-0.1, -0.05) is 25.7 Å². The highest BCUT2D eigenvalue weighted by molar-refractivity contribution is 7.85. The van der Waals surface area contributed by atoms with E-state index in [4.69, 9.17) is 5.73 Å². The topological polar surface area (TPSA) is 72.2 Å². The first-order chi connectivity index (χ1) is 10.0. The summed E-state index contributed by atoms with van der Waals surface area (Å²) in [7, 11) is -1.57. The lowest BCUT2D eigenvalue weighted by Gasteiger charge is -2.16. The first kappa shape index (κ1) is 15.9. The van der Waals surface area contributed by atoms with E-state index >= 15 is 0 Å². The zero-order valence-electron chi connectivity index (χ0n) is 11.9. The van der Waals surface area contributed by atoms with Crippen LogP contribution in [0.15, 0.2) is 23.1 Å².